The Balaban J connectivity index is 1.65. The Morgan fingerprint density at radius 2 is 2.15 bits per heavy atom. The van der Waals surface area contributed by atoms with Crippen molar-refractivity contribution < 1.29 is 13.9 Å². The van der Waals surface area contributed by atoms with Crippen LogP contribution in [0.3, 0.4) is 0 Å². The number of amides is 1. The first-order chi connectivity index (χ1) is 12.8. The van der Waals surface area contributed by atoms with Gasteiger partial charge in [0.2, 0.25) is 0 Å². The van der Waals surface area contributed by atoms with Crippen LogP contribution in [0.4, 0.5) is 9.18 Å². The number of aryl methyl sites for hydroxylation is 2. The smallest absolute Gasteiger partial charge is 0.410 e. The third-order valence-electron chi connectivity index (χ3n) is 5.04. The zero-order chi connectivity index (χ0) is 19.6. The number of nitrogens with zero attached hydrogens (tertiary/aromatic N) is 3. The monoisotopic (exact) mass is 375 g/mol. The molecular formula is C21H30FN3O2. The number of carbonyl (C=O) groups excluding carboxylic acids is 1. The highest BCUT2D eigenvalue weighted by molar-refractivity contribution is 5.82. The third kappa shape index (κ3) is 4.79. The Morgan fingerprint density at radius 1 is 1.37 bits per heavy atom. The van der Waals surface area contributed by atoms with Crippen molar-refractivity contribution in [2.24, 2.45) is 5.92 Å². The van der Waals surface area contributed by atoms with Crippen LogP contribution in [-0.4, -0.2) is 39.5 Å². The summed E-state index contributed by atoms with van der Waals surface area (Å²) < 4.78 is 21.1. The van der Waals surface area contributed by atoms with Gasteiger partial charge in [0.25, 0.3) is 0 Å². The molecule has 1 fully saturated rings. The van der Waals surface area contributed by atoms with Crippen LogP contribution in [0.2, 0.25) is 0 Å². The second-order valence-corrected chi connectivity index (χ2v) is 8.41. The van der Waals surface area contributed by atoms with Gasteiger partial charge >= 0.3 is 6.09 Å². The molecule has 148 valence electrons. The van der Waals surface area contributed by atoms with Gasteiger partial charge in [-0.1, -0.05) is 6.92 Å². The molecule has 1 unspecified atom stereocenters. The molecule has 0 radical (unpaired) electrons. The minimum absolute atomic E-state index is 0.222. The molecule has 1 amide bonds. The van der Waals surface area contributed by atoms with Crippen molar-refractivity contribution in [1.82, 2.24) is 14.7 Å². The molecule has 1 aliphatic rings. The molecule has 0 spiro atoms. The summed E-state index contributed by atoms with van der Waals surface area (Å²) >= 11 is 0. The number of hydrogen-bond donors (Lipinski definition) is 0. The average Bonchev–Trinajstić information content (AvgIpc) is 2.95. The van der Waals surface area contributed by atoms with Crippen molar-refractivity contribution in [2.45, 2.75) is 65.5 Å². The second-order valence-electron chi connectivity index (χ2n) is 8.41. The van der Waals surface area contributed by atoms with Gasteiger partial charge in [-0.25, -0.2) is 9.18 Å². The molecule has 0 N–H and O–H groups in total. The molecule has 0 aliphatic carbocycles. The van der Waals surface area contributed by atoms with Gasteiger partial charge < -0.3 is 9.64 Å². The second kappa shape index (κ2) is 7.87. The predicted octanol–water partition coefficient (Wildman–Crippen LogP) is 4.78. The first kappa shape index (κ1) is 19.6. The highest BCUT2D eigenvalue weighted by Gasteiger charge is 2.27. The Kier molecular flexibility index (Phi) is 5.72. The van der Waals surface area contributed by atoms with E-state index in [1.807, 2.05) is 43.3 Å². The van der Waals surface area contributed by atoms with Crippen LogP contribution >= 0.6 is 0 Å². The van der Waals surface area contributed by atoms with E-state index in [0.29, 0.717) is 5.92 Å². The molecule has 0 bridgehead atoms. The highest BCUT2D eigenvalue weighted by Crippen LogP contribution is 2.25. The molecule has 2 aromatic rings. The maximum Gasteiger partial charge on any atom is 0.410 e. The van der Waals surface area contributed by atoms with Crippen LogP contribution in [-0.2, 0) is 17.7 Å². The number of halogens is 1. The van der Waals surface area contributed by atoms with Crippen molar-refractivity contribution in [3.63, 3.8) is 0 Å². The lowest BCUT2D eigenvalue weighted by atomic mass is 9.95. The van der Waals surface area contributed by atoms with Gasteiger partial charge in [-0.2, -0.15) is 5.10 Å². The van der Waals surface area contributed by atoms with Crippen molar-refractivity contribution in [3.05, 3.63) is 29.7 Å². The van der Waals surface area contributed by atoms with Crippen LogP contribution in [0, 0.1) is 11.7 Å². The number of fused-ring (bicyclic) bond motifs is 1. The van der Waals surface area contributed by atoms with E-state index in [2.05, 4.69) is 5.10 Å². The van der Waals surface area contributed by atoms with Crippen LogP contribution in [0.25, 0.3) is 10.9 Å². The summed E-state index contributed by atoms with van der Waals surface area (Å²) in [5.41, 5.74) is 1.45. The predicted molar refractivity (Wildman–Crippen MR) is 104 cm³/mol. The van der Waals surface area contributed by atoms with Gasteiger partial charge in [0.05, 0.1) is 11.2 Å². The Labute approximate surface area is 160 Å². The van der Waals surface area contributed by atoms with E-state index < -0.39 is 5.60 Å². The maximum absolute atomic E-state index is 13.6. The fraction of sp³-hybridized carbons (Fsp3) is 0.619. The lowest BCUT2D eigenvalue weighted by Crippen LogP contribution is -2.43. The quantitative estimate of drug-likeness (QED) is 0.773. The van der Waals surface area contributed by atoms with Crippen molar-refractivity contribution in [2.75, 3.05) is 13.1 Å². The van der Waals surface area contributed by atoms with Crippen LogP contribution in [0.15, 0.2) is 18.2 Å². The molecule has 1 aromatic heterocycles. The molecule has 0 saturated carbocycles. The summed E-state index contributed by atoms with van der Waals surface area (Å²) in [6, 6.07) is 4.87. The largest absolute Gasteiger partial charge is 0.444 e. The van der Waals surface area contributed by atoms with Gasteiger partial charge in [-0.05, 0) is 70.6 Å². The van der Waals surface area contributed by atoms with E-state index in [0.717, 1.165) is 61.9 Å². The Bertz CT molecular complexity index is 810. The minimum atomic E-state index is -0.468. The molecule has 1 saturated heterocycles. The van der Waals surface area contributed by atoms with E-state index in [4.69, 9.17) is 4.74 Å². The summed E-state index contributed by atoms with van der Waals surface area (Å²) in [6.45, 7) is 9.97. The number of piperidine rings is 1. The van der Waals surface area contributed by atoms with Crippen LogP contribution in [0.1, 0.15) is 52.7 Å². The molecule has 1 aromatic carbocycles. The number of ether oxygens (including phenoxy) is 1. The lowest BCUT2D eigenvalue weighted by Gasteiger charge is -2.34. The van der Waals surface area contributed by atoms with E-state index in [9.17, 15) is 9.18 Å². The normalized spacial score (nSPS) is 18.1. The van der Waals surface area contributed by atoms with Crippen molar-refractivity contribution in [3.8, 4) is 0 Å². The van der Waals surface area contributed by atoms with Gasteiger partial charge in [0, 0.05) is 25.0 Å². The average molecular weight is 375 g/mol. The summed E-state index contributed by atoms with van der Waals surface area (Å²) in [7, 11) is 0. The molecule has 27 heavy (non-hydrogen) atoms. The van der Waals surface area contributed by atoms with Gasteiger partial charge in [-0.15, -0.1) is 0 Å². The number of carbonyl (C=O) groups is 1. The van der Waals surface area contributed by atoms with E-state index in [-0.39, 0.29) is 11.9 Å². The highest BCUT2D eigenvalue weighted by atomic mass is 19.1. The molecular weight excluding hydrogens is 345 g/mol. The SMILES string of the molecule is CCc1nn(CCC2CCCN(C(=O)OC(C)(C)C)C2)c2ccc(F)cc12. The Morgan fingerprint density at radius 3 is 2.85 bits per heavy atom. The minimum Gasteiger partial charge on any atom is -0.444 e. The summed E-state index contributed by atoms with van der Waals surface area (Å²) in [6.07, 6.45) is 3.60. The number of likely N-dealkylation sites (tertiary alicyclic amines) is 1. The zero-order valence-corrected chi connectivity index (χ0v) is 16.8. The number of hydrogen-bond acceptors (Lipinski definition) is 3. The Hall–Kier alpha value is -2.11. The summed E-state index contributed by atoms with van der Waals surface area (Å²) in [5, 5.41) is 5.58. The third-order valence-corrected chi connectivity index (χ3v) is 5.04. The number of benzene rings is 1. The van der Waals surface area contributed by atoms with E-state index in [1.54, 1.807) is 6.07 Å². The van der Waals surface area contributed by atoms with Gasteiger partial charge in [0.1, 0.15) is 11.4 Å². The molecule has 1 aliphatic heterocycles. The summed E-state index contributed by atoms with van der Waals surface area (Å²) in [4.78, 5) is 14.2. The fourth-order valence-electron chi connectivity index (χ4n) is 3.75. The van der Waals surface area contributed by atoms with Gasteiger partial charge in [0.15, 0.2) is 0 Å². The van der Waals surface area contributed by atoms with Crippen molar-refractivity contribution in [1.29, 1.82) is 0 Å². The first-order valence-corrected chi connectivity index (χ1v) is 9.89. The standard InChI is InChI=1S/C21H30FN3O2/c1-5-18-17-13-16(22)8-9-19(17)25(23-18)12-10-15-7-6-11-24(14-15)20(26)27-21(2,3)4/h8-9,13,15H,5-7,10-12,14H2,1-4H3. The molecule has 2 heterocycles. The fourth-order valence-corrected chi connectivity index (χ4v) is 3.75. The molecule has 3 rings (SSSR count). The summed E-state index contributed by atoms with van der Waals surface area (Å²) in [5.74, 6) is 0.202. The number of rotatable bonds is 4. The first-order valence-electron chi connectivity index (χ1n) is 9.89. The molecule has 5 nitrogen and oxygen atoms in total. The number of aromatic nitrogens is 2. The molecule has 6 heteroatoms. The lowest BCUT2D eigenvalue weighted by molar-refractivity contribution is 0.0159. The maximum atomic E-state index is 13.6. The topological polar surface area (TPSA) is 47.4 Å². The van der Waals surface area contributed by atoms with Crippen LogP contribution in [0.5, 0.6) is 0 Å². The molecule has 1 atom stereocenters. The van der Waals surface area contributed by atoms with E-state index >= 15 is 0 Å². The van der Waals surface area contributed by atoms with E-state index in [1.165, 1.54) is 6.07 Å². The van der Waals surface area contributed by atoms with Crippen molar-refractivity contribution >= 4 is 17.0 Å². The van der Waals surface area contributed by atoms with Gasteiger partial charge in [-0.3, -0.25) is 4.68 Å². The zero-order valence-electron chi connectivity index (χ0n) is 16.8. The van der Waals surface area contributed by atoms with Crippen LogP contribution < -0.4 is 0 Å².